The molecule has 2 N–H and O–H groups in total. The van der Waals surface area contributed by atoms with E-state index in [1.165, 1.54) is 11.1 Å². The summed E-state index contributed by atoms with van der Waals surface area (Å²) in [5.41, 5.74) is 2.71. The standard InChI is InChI=1S/C12H18N2/c1-9-3-5-11(6-4-9)12-10(2)13-7-8-14-12/h3-6,10,12-14H,7-8H2,1-2H3/t10-,12-/m0/s1. The van der Waals surface area contributed by atoms with Gasteiger partial charge in [-0.25, -0.2) is 0 Å². The Bertz CT molecular complexity index is 292. The minimum Gasteiger partial charge on any atom is -0.311 e. The minimum atomic E-state index is 0.462. The zero-order valence-electron chi connectivity index (χ0n) is 8.88. The van der Waals surface area contributed by atoms with E-state index in [9.17, 15) is 0 Å². The summed E-state index contributed by atoms with van der Waals surface area (Å²) >= 11 is 0. The molecule has 76 valence electrons. The van der Waals surface area contributed by atoms with Gasteiger partial charge in [0.05, 0.1) is 0 Å². The van der Waals surface area contributed by atoms with Gasteiger partial charge in [-0.15, -0.1) is 0 Å². The first-order chi connectivity index (χ1) is 6.77. The maximum atomic E-state index is 3.54. The largest absolute Gasteiger partial charge is 0.311 e. The fourth-order valence-electron chi connectivity index (χ4n) is 2.00. The number of nitrogens with one attached hydrogen (secondary N) is 2. The summed E-state index contributed by atoms with van der Waals surface area (Å²) < 4.78 is 0. The second-order valence-corrected chi connectivity index (χ2v) is 4.09. The van der Waals surface area contributed by atoms with Crippen LogP contribution in [0.2, 0.25) is 0 Å². The molecule has 0 bridgehead atoms. The van der Waals surface area contributed by atoms with E-state index in [0.717, 1.165) is 13.1 Å². The second kappa shape index (κ2) is 4.11. The van der Waals surface area contributed by atoms with Gasteiger partial charge in [-0.3, -0.25) is 0 Å². The molecule has 0 unspecified atom stereocenters. The molecule has 1 saturated heterocycles. The highest BCUT2D eigenvalue weighted by Crippen LogP contribution is 2.18. The van der Waals surface area contributed by atoms with Crippen molar-refractivity contribution in [3.8, 4) is 0 Å². The molecule has 0 aliphatic carbocycles. The topological polar surface area (TPSA) is 24.1 Å². The Morgan fingerprint density at radius 3 is 2.36 bits per heavy atom. The van der Waals surface area contributed by atoms with Crippen LogP contribution in [0, 0.1) is 6.92 Å². The summed E-state index contributed by atoms with van der Waals surface area (Å²) in [6.45, 7) is 6.49. The van der Waals surface area contributed by atoms with Crippen LogP contribution in [0.3, 0.4) is 0 Å². The quantitative estimate of drug-likeness (QED) is 0.703. The fourth-order valence-corrected chi connectivity index (χ4v) is 2.00. The monoisotopic (exact) mass is 190 g/mol. The van der Waals surface area contributed by atoms with Gasteiger partial charge in [0.2, 0.25) is 0 Å². The van der Waals surface area contributed by atoms with Crippen LogP contribution in [0.25, 0.3) is 0 Å². The van der Waals surface area contributed by atoms with Crippen LogP contribution in [0.15, 0.2) is 24.3 Å². The summed E-state index contributed by atoms with van der Waals surface area (Å²) in [5.74, 6) is 0. The summed E-state index contributed by atoms with van der Waals surface area (Å²) in [5, 5.41) is 7.02. The molecule has 0 radical (unpaired) electrons. The summed E-state index contributed by atoms with van der Waals surface area (Å²) in [7, 11) is 0. The van der Waals surface area contributed by atoms with Gasteiger partial charge < -0.3 is 10.6 Å². The normalized spacial score (nSPS) is 27.6. The lowest BCUT2D eigenvalue weighted by molar-refractivity contribution is 0.345. The van der Waals surface area contributed by atoms with Crippen LogP contribution in [-0.4, -0.2) is 19.1 Å². The third kappa shape index (κ3) is 1.97. The molecule has 1 aromatic carbocycles. The van der Waals surface area contributed by atoms with E-state index in [-0.39, 0.29) is 0 Å². The third-order valence-electron chi connectivity index (χ3n) is 2.89. The predicted molar refractivity (Wildman–Crippen MR) is 59.4 cm³/mol. The molecule has 0 aromatic heterocycles. The molecule has 1 aromatic rings. The molecule has 1 aliphatic rings. The zero-order valence-corrected chi connectivity index (χ0v) is 8.88. The highest BCUT2D eigenvalue weighted by atomic mass is 15.1. The fraction of sp³-hybridized carbons (Fsp3) is 0.500. The summed E-state index contributed by atoms with van der Waals surface area (Å²) in [6.07, 6.45) is 0. The van der Waals surface area contributed by atoms with Gasteiger partial charge in [-0.1, -0.05) is 29.8 Å². The molecule has 0 saturated carbocycles. The van der Waals surface area contributed by atoms with E-state index >= 15 is 0 Å². The first-order valence-corrected chi connectivity index (χ1v) is 5.31. The van der Waals surface area contributed by atoms with Gasteiger partial charge in [-0.05, 0) is 19.4 Å². The van der Waals surface area contributed by atoms with Gasteiger partial charge in [0, 0.05) is 25.2 Å². The summed E-state index contributed by atoms with van der Waals surface area (Å²) in [6, 6.07) is 9.78. The lowest BCUT2D eigenvalue weighted by atomic mass is 9.98. The van der Waals surface area contributed by atoms with E-state index < -0.39 is 0 Å². The first-order valence-electron chi connectivity index (χ1n) is 5.31. The van der Waals surface area contributed by atoms with Crippen molar-refractivity contribution in [2.75, 3.05) is 13.1 Å². The SMILES string of the molecule is Cc1ccc([C@H]2NCCN[C@H]2C)cc1. The minimum absolute atomic E-state index is 0.462. The zero-order chi connectivity index (χ0) is 9.97. The lowest BCUT2D eigenvalue weighted by Crippen LogP contribution is -2.48. The van der Waals surface area contributed by atoms with Crippen LogP contribution in [0.5, 0.6) is 0 Å². The maximum absolute atomic E-state index is 3.54. The van der Waals surface area contributed by atoms with E-state index in [1.54, 1.807) is 0 Å². The molecule has 2 heteroatoms. The predicted octanol–water partition coefficient (Wildman–Crippen LogP) is 1.62. The van der Waals surface area contributed by atoms with Crippen LogP contribution in [0.1, 0.15) is 24.1 Å². The van der Waals surface area contributed by atoms with Gasteiger partial charge in [-0.2, -0.15) is 0 Å². The Morgan fingerprint density at radius 2 is 1.71 bits per heavy atom. The Labute approximate surface area is 85.7 Å². The smallest absolute Gasteiger partial charge is 0.0473 e. The molecule has 14 heavy (non-hydrogen) atoms. The molecule has 2 rings (SSSR count). The molecule has 1 fully saturated rings. The molecular formula is C12H18N2. The van der Waals surface area contributed by atoms with Crippen LogP contribution < -0.4 is 10.6 Å². The van der Waals surface area contributed by atoms with Crippen molar-refractivity contribution < 1.29 is 0 Å². The van der Waals surface area contributed by atoms with Gasteiger partial charge in [0.25, 0.3) is 0 Å². The number of rotatable bonds is 1. The average molecular weight is 190 g/mol. The molecule has 2 nitrogen and oxygen atoms in total. The van der Waals surface area contributed by atoms with Crippen molar-refractivity contribution >= 4 is 0 Å². The van der Waals surface area contributed by atoms with E-state index in [2.05, 4.69) is 48.7 Å². The van der Waals surface area contributed by atoms with Crippen LogP contribution >= 0.6 is 0 Å². The molecule has 1 heterocycles. The Balaban J connectivity index is 2.16. The highest BCUT2D eigenvalue weighted by molar-refractivity contribution is 5.25. The number of hydrogen-bond acceptors (Lipinski definition) is 2. The number of piperazine rings is 1. The Hall–Kier alpha value is -0.860. The van der Waals surface area contributed by atoms with E-state index in [4.69, 9.17) is 0 Å². The van der Waals surface area contributed by atoms with Crippen LogP contribution in [-0.2, 0) is 0 Å². The van der Waals surface area contributed by atoms with Crippen LogP contribution in [0.4, 0.5) is 0 Å². The third-order valence-corrected chi connectivity index (χ3v) is 2.89. The van der Waals surface area contributed by atoms with Crippen molar-refractivity contribution in [3.63, 3.8) is 0 Å². The van der Waals surface area contributed by atoms with Crippen molar-refractivity contribution in [2.45, 2.75) is 25.9 Å². The van der Waals surface area contributed by atoms with E-state index in [1.807, 2.05) is 0 Å². The molecule has 0 amide bonds. The average Bonchev–Trinajstić information content (AvgIpc) is 2.20. The first kappa shape index (κ1) is 9.69. The summed E-state index contributed by atoms with van der Waals surface area (Å²) in [4.78, 5) is 0. The molecular weight excluding hydrogens is 172 g/mol. The molecule has 0 spiro atoms. The van der Waals surface area contributed by atoms with Gasteiger partial charge >= 0.3 is 0 Å². The van der Waals surface area contributed by atoms with Gasteiger partial charge in [0.15, 0.2) is 0 Å². The number of aryl methyl sites for hydroxylation is 1. The van der Waals surface area contributed by atoms with Crippen molar-refractivity contribution in [2.24, 2.45) is 0 Å². The maximum Gasteiger partial charge on any atom is 0.0473 e. The highest BCUT2D eigenvalue weighted by Gasteiger charge is 2.21. The number of benzene rings is 1. The van der Waals surface area contributed by atoms with Gasteiger partial charge in [0.1, 0.15) is 0 Å². The second-order valence-electron chi connectivity index (χ2n) is 4.09. The van der Waals surface area contributed by atoms with Crippen molar-refractivity contribution in [3.05, 3.63) is 35.4 Å². The van der Waals surface area contributed by atoms with Crippen molar-refractivity contribution in [1.29, 1.82) is 0 Å². The Kier molecular flexibility index (Phi) is 2.85. The molecule has 1 aliphatic heterocycles. The number of hydrogen-bond donors (Lipinski definition) is 2. The molecule has 2 atom stereocenters. The van der Waals surface area contributed by atoms with E-state index in [0.29, 0.717) is 12.1 Å². The Morgan fingerprint density at radius 1 is 1.07 bits per heavy atom. The lowest BCUT2D eigenvalue weighted by Gasteiger charge is -2.31. The van der Waals surface area contributed by atoms with Crippen molar-refractivity contribution in [1.82, 2.24) is 10.6 Å².